The van der Waals surface area contributed by atoms with Gasteiger partial charge in [0.2, 0.25) is 0 Å². The number of benzene rings is 1. The molecule has 3 fully saturated rings. The van der Waals surface area contributed by atoms with Gasteiger partial charge in [-0.2, -0.15) is 0 Å². The summed E-state index contributed by atoms with van der Waals surface area (Å²) in [7, 11) is 0. The number of likely N-dealkylation sites (tertiary alicyclic amines) is 1. The lowest BCUT2D eigenvalue weighted by Crippen LogP contribution is -2.21. The van der Waals surface area contributed by atoms with Gasteiger partial charge >= 0.3 is 0 Å². The summed E-state index contributed by atoms with van der Waals surface area (Å²) in [5.74, 6) is 2.02. The number of nitrogens with one attached hydrogen (secondary N) is 1. The van der Waals surface area contributed by atoms with E-state index in [9.17, 15) is 0 Å². The van der Waals surface area contributed by atoms with E-state index < -0.39 is 0 Å². The number of nitrogens with zero attached hydrogens (tertiary/aromatic N) is 1. The second kappa shape index (κ2) is 6.10. The molecule has 0 amide bonds. The molecule has 1 aromatic rings. The first kappa shape index (κ1) is 13.8. The molecule has 1 saturated heterocycles. The van der Waals surface area contributed by atoms with Gasteiger partial charge in [0.25, 0.3) is 0 Å². The SMILES string of the molecule is c1cc(CN2CC3CCCC3C2)ccc1CCNC1CC1. The average Bonchev–Trinajstić information content (AvgIpc) is 3.08. The standard InChI is InChI=1S/C19H28N2/c1-2-17-13-21(14-18(17)3-1)12-16-6-4-15(5-7-16)10-11-20-19-8-9-19/h4-7,17-20H,1-3,8-14H2. The quantitative estimate of drug-likeness (QED) is 0.863. The molecule has 2 saturated carbocycles. The summed E-state index contributed by atoms with van der Waals surface area (Å²) in [6.45, 7) is 4.99. The predicted molar refractivity (Wildman–Crippen MR) is 87.3 cm³/mol. The maximum Gasteiger partial charge on any atom is 0.0233 e. The molecular formula is C19H28N2. The highest BCUT2D eigenvalue weighted by molar-refractivity contribution is 5.23. The molecule has 0 aromatic heterocycles. The minimum absolute atomic E-state index is 0.832. The van der Waals surface area contributed by atoms with E-state index in [1.807, 2.05) is 0 Å². The molecule has 1 aliphatic heterocycles. The zero-order valence-corrected chi connectivity index (χ0v) is 13.1. The van der Waals surface area contributed by atoms with Crippen molar-refractivity contribution in [1.29, 1.82) is 0 Å². The summed E-state index contributed by atoms with van der Waals surface area (Å²) < 4.78 is 0. The molecule has 1 heterocycles. The van der Waals surface area contributed by atoms with Crippen molar-refractivity contribution in [3.8, 4) is 0 Å². The summed E-state index contributed by atoms with van der Waals surface area (Å²) in [4.78, 5) is 2.68. The van der Waals surface area contributed by atoms with Crippen LogP contribution in [0.4, 0.5) is 0 Å². The van der Waals surface area contributed by atoms with Crippen molar-refractivity contribution in [2.24, 2.45) is 11.8 Å². The Morgan fingerprint density at radius 3 is 2.24 bits per heavy atom. The predicted octanol–water partition coefficient (Wildman–Crippen LogP) is 3.21. The molecule has 4 rings (SSSR count). The molecule has 3 aliphatic rings. The second-order valence-corrected chi connectivity index (χ2v) is 7.44. The topological polar surface area (TPSA) is 15.3 Å². The van der Waals surface area contributed by atoms with Crippen molar-refractivity contribution < 1.29 is 0 Å². The third-order valence-corrected chi connectivity index (χ3v) is 5.66. The first-order valence-corrected chi connectivity index (χ1v) is 8.90. The Morgan fingerprint density at radius 2 is 1.57 bits per heavy atom. The van der Waals surface area contributed by atoms with Gasteiger partial charge in [0, 0.05) is 25.7 Å². The molecule has 0 spiro atoms. The summed E-state index contributed by atoms with van der Waals surface area (Å²) >= 11 is 0. The Hall–Kier alpha value is -0.860. The van der Waals surface area contributed by atoms with Gasteiger partial charge in [-0.1, -0.05) is 30.7 Å². The largest absolute Gasteiger partial charge is 0.314 e. The van der Waals surface area contributed by atoms with Crippen LogP contribution in [0.15, 0.2) is 24.3 Å². The monoisotopic (exact) mass is 284 g/mol. The van der Waals surface area contributed by atoms with Crippen LogP contribution in [0.2, 0.25) is 0 Å². The minimum Gasteiger partial charge on any atom is -0.314 e. The molecule has 0 radical (unpaired) electrons. The third kappa shape index (κ3) is 3.49. The molecule has 114 valence electrons. The smallest absolute Gasteiger partial charge is 0.0233 e. The Kier molecular flexibility index (Phi) is 4.00. The van der Waals surface area contributed by atoms with E-state index in [2.05, 4.69) is 34.5 Å². The Balaban J connectivity index is 1.25. The molecule has 2 heteroatoms. The average molecular weight is 284 g/mol. The zero-order chi connectivity index (χ0) is 14.1. The highest BCUT2D eigenvalue weighted by Gasteiger charge is 2.35. The van der Waals surface area contributed by atoms with Gasteiger partial charge in [0.15, 0.2) is 0 Å². The van der Waals surface area contributed by atoms with E-state index in [1.54, 1.807) is 0 Å². The Morgan fingerprint density at radius 1 is 0.905 bits per heavy atom. The zero-order valence-electron chi connectivity index (χ0n) is 13.1. The molecule has 2 atom stereocenters. The maximum atomic E-state index is 3.59. The minimum atomic E-state index is 0.832. The highest BCUT2D eigenvalue weighted by atomic mass is 15.2. The summed E-state index contributed by atoms with van der Waals surface area (Å²) in [5.41, 5.74) is 2.97. The molecule has 2 aliphatic carbocycles. The number of fused-ring (bicyclic) bond motifs is 1. The Bertz CT molecular complexity index is 451. The molecule has 2 unspecified atom stereocenters. The lowest BCUT2D eigenvalue weighted by atomic mass is 10.0. The normalized spacial score (nSPS) is 29.0. The van der Waals surface area contributed by atoms with E-state index in [-0.39, 0.29) is 0 Å². The van der Waals surface area contributed by atoms with E-state index in [4.69, 9.17) is 0 Å². The molecule has 1 N–H and O–H groups in total. The Labute approximate surface area is 128 Å². The summed E-state index contributed by atoms with van der Waals surface area (Å²) in [6, 6.07) is 10.2. The van der Waals surface area contributed by atoms with E-state index in [1.165, 1.54) is 62.7 Å². The first-order chi connectivity index (χ1) is 10.4. The van der Waals surface area contributed by atoms with Gasteiger partial charge in [-0.3, -0.25) is 4.90 Å². The van der Waals surface area contributed by atoms with Crippen LogP contribution in [0.1, 0.15) is 43.2 Å². The van der Waals surface area contributed by atoms with Gasteiger partial charge < -0.3 is 5.32 Å². The fourth-order valence-electron chi connectivity index (χ4n) is 4.24. The summed E-state index contributed by atoms with van der Waals surface area (Å²) in [6.07, 6.45) is 8.38. The van der Waals surface area contributed by atoms with Crippen molar-refractivity contribution in [2.45, 2.75) is 51.1 Å². The van der Waals surface area contributed by atoms with E-state index in [0.29, 0.717) is 0 Å². The fourth-order valence-corrected chi connectivity index (χ4v) is 4.24. The molecule has 1 aromatic carbocycles. The summed E-state index contributed by atoms with van der Waals surface area (Å²) in [5, 5.41) is 3.59. The lowest BCUT2D eigenvalue weighted by Gasteiger charge is -2.17. The fraction of sp³-hybridized carbons (Fsp3) is 0.684. The number of rotatable bonds is 6. The maximum absolute atomic E-state index is 3.59. The molecule has 2 nitrogen and oxygen atoms in total. The lowest BCUT2D eigenvalue weighted by molar-refractivity contribution is 0.303. The van der Waals surface area contributed by atoms with Crippen LogP contribution < -0.4 is 5.32 Å². The number of hydrogen-bond acceptors (Lipinski definition) is 2. The van der Waals surface area contributed by atoms with Gasteiger partial charge in [-0.15, -0.1) is 0 Å². The second-order valence-electron chi connectivity index (χ2n) is 7.44. The van der Waals surface area contributed by atoms with Crippen LogP contribution in [0.3, 0.4) is 0 Å². The van der Waals surface area contributed by atoms with Gasteiger partial charge in [0.1, 0.15) is 0 Å². The number of hydrogen-bond donors (Lipinski definition) is 1. The third-order valence-electron chi connectivity index (χ3n) is 5.66. The van der Waals surface area contributed by atoms with Gasteiger partial charge in [-0.05, 0) is 61.6 Å². The van der Waals surface area contributed by atoms with Gasteiger partial charge in [0.05, 0.1) is 0 Å². The van der Waals surface area contributed by atoms with Crippen LogP contribution in [0, 0.1) is 11.8 Å². The molecular weight excluding hydrogens is 256 g/mol. The molecule has 0 bridgehead atoms. The van der Waals surface area contributed by atoms with Crippen LogP contribution in [0.5, 0.6) is 0 Å². The van der Waals surface area contributed by atoms with Crippen molar-refractivity contribution >= 4 is 0 Å². The van der Waals surface area contributed by atoms with Crippen LogP contribution in [0.25, 0.3) is 0 Å². The van der Waals surface area contributed by atoms with Gasteiger partial charge in [-0.25, -0.2) is 0 Å². The van der Waals surface area contributed by atoms with Crippen molar-refractivity contribution in [3.63, 3.8) is 0 Å². The highest BCUT2D eigenvalue weighted by Crippen LogP contribution is 2.38. The first-order valence-electron chi connectivity index (χ1n) is 8.90. The van der Waals surface area contributed by atoms with Crippen LogP contribution >= 0.6 is 0 Å². The van der Waals surface area contributed by atoms with Crippen molar-refractivity contribution in [1.82, 2.24) is 10.2 Å². The van der Waals surface area contributed by atoms with E-state index in [0.717, 1.165) is 31.0 Å². The van der Waals surface area contributed by atoms with Crippen molar-refractivity contribution in [2.75, 3.05) is 19.6 Å². The van der Waals surface area contributed by atoms with Crippen LogP contribution in [-0.4, -0.2) is 30.6 Å². The molecule has 21 heavy (non-hydrogen) atoms. The van der Waals surface area contributed by atoms with E-state index >= 15 is 0 Å². The van der Waals surface area contributed by atoms with Crippen molar-refractivity contribution in [3.05, 3.63) is 35.4 Å². The van der Waals surface area contributed by atoms with Crippen LogP contribution in [-0.2, 0) is 13.0 Å².